The summed E-state index contributed by atoms with van der Waals surface area (Å²) in [5.74, 6) is 3.93. The van der Waals surface area contributed by atoms with E-state index in [2.05, 4.69) is 11.8 Å². The molecule has 0 heterocycles. The highest BCUT2D eigenvalue weighted by Crippen LogP contribution is 2.29. The second-order valence-electron chi connectivity index (χ2n) is 4.29. The summed E-state index contributed by atoms with van der Waals surface area (Å²) in [7, 11) is 0. The first-order valence-electron chi connectivity index (χ1n) is 5.70. The lowest BCUT2D eigenvalue weighted by atomic mass is 9.87. The molecule has 0 atom stereocenters. The second-order valence-corrected chi connectivity index (χ2v) is 5.44. The minimum atomic E-state index is 0.362. The Hall–Kier alpha value is -0.630. The molecule has 1 aromatic rings. The first-order valence-corrected chi connectivity index (χ1v) is 6.86. The molecule has 1 fully saturated rings. The number of hydrogen-bond donors (Lipinski definition) is 1. The summed E-state index contributed by atoms with van der Waals surface area (Å²) in [6, 6.07) is 7.57. The third-order valence-electron chi connectivity index (χ3n) is 3.05. The lowest BCUT2D eigenvalue weighted by Gasteiger charge is -2.24. The number of phenolic OH excluding ortho intramolecular Hbond substituents is 1. The van der Waals surface area contributed by atoms with Crippen LogP contribution in [-0.4, -0.2) is 16.6 Å². The molecule has 0 saturated heterocycles. The molecule has 0 bridgehead atoms. The van der Waals surface area contributed by atoms with Crippen LogP contribution in [-0.2, 0) is 6.42 Å². The van der Waals surface area contributed by atoms with Crippen LogP contribution in [0.25, 0.3) is 0 Å². The van der Waals surface area contributed by atoms with Gasteiger partial charge in [-0.1, -0.05) is 18.6 Å². The zero-order chi connectivity index (χ0) is 10.5. The van der Waals surface area contributed by atoms with Crippen molar-refractivity contribution in [3.63, 3.8) is 0 Å². The van der Waals surface area contributed by atoms with Gasteiger partial charge in [0.2, 0.25) is 0 Å². The molecule has 1 aliphatic carbocycles. The molecule has 0 amide bonds. The molecule has 0 spiro atoms. The molecule has 0 unspecified atom stereocenters. The third kappa shape index (κ3) is 3.45. The Balaban J connectivity index is 1.62. The monoisotopic (exact) mass is 222 g/mol. The van der Waals surface area contributed by atoms with Gasteiger partial charge in [0.15, 0.2) is 0 Å². The maximum atomic E-state index is 9.14. The van der Waals surface area contributed by atoms with Gasteiger partial charge in [0, 0.05) is 0 Å². The van der Waals surface area contributed by atoms with Gasteiger partial charge in [0.1, 0.15) is 5.75 Å². The third-order valence-corrected chi connectivity index (χ3v) is 4.25. The number of thioether (sulfide) groups is 1. The Morgan fingerprint density at radius 1 is 1.20 bits per heavy atom. The lowest BCUT2D eigenvalue weighted by molar-refractivity contribution is 0.353. The molecule has 15 heavy (non-hydrogen) atoms. The predicted molar refractivity (Wildman–Crippen MR) is 66.5 cm³/mol. The molecule has 1 aliphatic rings. The van der Waals surface area contributed by atoms with Gasteiger partial charge in [0.05, 0.1) is 0 Å². The molecule has 2 heteroatoms. The first kappa shape index (κ1) is 10.9. The van der Waals surface area contributed by atoms with Crippen molar-refractivity contribution in [2.45, 2.75) is 25.7 Å². The molecule has 0 aliphatic heterocycles. The maximum absolute atomic E-state index is 9.14. The van der Waals surface area contributed by atoms with Crippen LogP contribution < -0.4 is 0 Å². The summed E-state index contributed by atoms with van der Waals surface area (Å²) in [6.45, 7) is 0. The van der Waals surface area contributed by atoms with Crippen LogP contribution in [0.3, 0.4) is 0 Å². The van der Waals surface area contributed by atoms with E-state index in [4.69, 9.17) is 5.11 Å². The Morgan fingerprint density at radius 3 is 2.53 bits per heavy atom. The smallest absolute Gasteiger partial charge is 0.115 e. The molecular formula is C13H18OS. The van der Waals surface area contributed by atoms with Gasteiger partial charge in [-0.3, -0.25) is 0 Å². The van der Waals surface area contributed by atoms with Crippen LogP contribution in [0.2, 0.25) is 0 Å². The summed E-state index contributed by atoms with van der Waals surface area (Å²) < 4.78 is 0. The highest BCUT2D eigenvalue weighted by atomic mass is 32.2. The molecule has 82 valence electrons. The van der Waals surface area contributed by atoms with E-state index in [1.54, 1.807) is 12.1 Å². The van der Waals surface area contributed by atoms with Gasteiger partial charge in [-0.25, -0.2) is 0 Å². The van der Waals surface area contributed by atoms with Gasteiger partial charge >= 0.3 is 0 Å². The van der Waals surface area contributed by atoms with Gasteiger partial charge in [0.25, 0.3) is 0 Å². The van der Waals surface area contributed by atoms with E-state index < -0.39 is 0 Å². The van der Waals surface area contributed by atoms with Crippen molar-refractivity contribution in [2.75, 3.05) is 11.5 Å². The van der Waals surface area contributed by atoms with Crippen molar-refractivity contribution in [2.24, 2.45) is 5.92 Å². The predicted octanol–water partition coefficient (Wildman–Crippen LogP) is 3.47. The van der Waals surface area contributed by atoms with Crippen LogP contribution in [0.4, 0.5) is 0 Å². The highest BCUT2D eigenvalue weighted by Gasteiger charge is 2.16. The van der Waals surface area contributed by atoms with Gasteiger partial charge < -0.3 is 5.11 Å². The fraction of sp³-hybridized carbons (Fsp3) is 0.538. The number of aromatic hydroxyl groups is 1. The Kier molecular flexibility index (Phi) is 3.95. The van der Waals surface area contributed by atoms with Crippen molar-refractivity contribution in [1.29, 1.82) is 0 Å². The van der Waals surface area contributed by atoms with Crippen LogP contribution in [0.5, 0.6) is 5.75 Å². The lowest BCUT2D eigenvalue weighted by Crippen LogP contribution is -2.13. The van der Waals surface area contributed by atoms with Crippen LogP contribution in [0.15, 0.2) is 24.3 Å². The molecular weight excluding hydrogens is 204 g/mol. The Bertz CT molecular complexity index is 290. The van der Waals surface area contributed by atoms with Crippen molar-refractivity contribution in [1.82, 2.24) is 0 Å². The molecule has 1 nitrogen and oxygen atoms in total. The summed E-state index contributed by atoms with van der Waals surface area (Å²) in [5.41, 5.74) is 1.33. The highest BCUT2D eigenvalue weighted by molar-refractivity contribution is 7.99. The SMILES string of the molecule is Oc1ccc(CCSCC2CCC2)cc1. The van der Waals surface area contributed by atoms with Crippen molar-refractivity contribution in [3.05, 3.63) is 29.8 Å². The van der Waals surface area contributed by atoms with E-state index >= 15 is 0 Å². The summed E-state index contributed by atoms with van der Waals surface area (Å²) in [6.07, 6.45) is 5.47. The normalized spacial score (nSPS) is 16.3. The second kappa shape index (κ2) is 5.45. The summed E-state index contributed by atoms with van der Waals surface area (Å²) >= 11 is 2.07. The van der Waals surface area contributed by atoms with Crippen LogP contribution in [0, 0.1) is 5.92 Å². The van der Waals surface area contributed by atoms with Crippen molar-refractivity contribution >= 4 is 11.8 Å². The van der Waals surface area contributed by atoms with Crippen LogP contribution in [0.1, 0.15) is 24.8 Å². The Labute approximate surface area is 95.9 Å². The van der Waals surface area contributed by atoms with E-state index in [1.165, 1.54) is 36.3 Å². The molecule has 0 radical (unpaired) electrons. The van der Waals surface area contributed by atoms with Gasteiger partial charge in [-0.15, -0.1) is 0 Å². The van der Waals surface area contributed by atoms with E-state index in [9.17, 15) is 0 Å². The van der Waals surface area contributed by atoms with Crippen molar-refractivity contribution in [3.8, 4) is 5.75 Å². The number of aryl methyl sites for hydroxylation is 1. The quantitative estimate of drug-likeness (QED) is 0.770. The maximum Gasteiger partial charge on any atom is 0.115 e. The largest absolute Gasteiger partial charge is 0.508 e. The van der Waals surface area contributed by atoms with Crippen molar-refractivity contribution < 1.29 is 5.11 Å². The number of hydrogen-bond acceptors (Lipinski definition) is 2. The van der Waals surface area contributed by atoms with E-state index in [-0.39, 0.29) is 0 Å². The molecule has 1 N–H and O–H groups in total. The van der Waals surface area contributed by atoms with E-state index in [0.717, 1.165) is 12.3 Å². The van der Waals surface area contributed by atoms with E-state index in [1.807, 2.05) is 12.1 Å². The number of benzene rings is 1. The minimum absolute atomic E-state index is 0.362. The molecule has 1 aromatic carbocycles. The Morgan fingerprint density at radius 2 is 1.93 bits per heavy atom. The van der Waals surface area contributed by atoms with Gasteiger partial charge in [-0.05, 0) is 54.4 Å². The zero-order valence-corrected chi connectivity index (χ0v) is 9.80. The summed E-state index contributed by atoms with van der Waals surface area (Å²) in [5, 5.41) is 9.14. The minimum Gasteiger partial charge on any atom is -0.508 e. The molecule has 2 rings (SSSR count). The topological polar surface area (TPSA) is 20.2 Å². The molecule has 0 aromatic heterocycles. The van der Waals surface area contributed by atoms with Crippen LogP contribution >= 0.6 is 11.8 Å². The standard InChI is InChI=1S/C13H18OS/c14-13-6-4-11(5-7-13)8-9-15-10-12-2-1-3-12/h4-7,12,14H,1-3,8-10H2. The summed E-state index contributed by atoms with van der Waals surface area (Å²) in [4.78, 5) is 0. The average Bonchev–Trinajstić information content (AvgIpc) is 2.18. The fourth-order valence-electron chi connectivity index (χ4n) is 1.76. The van der Waals surface area contributed by atoms with E-state index in [0.29, 0.717) is 5.75 Å². The molecule has 1 saturated carbocycles. The van der Waals surface area contributed by atoms with Gasteiger partial charge in [-0.2, -0.15) is 11.8 Å². The first-order chi connectivity index (χ1) is 7.34. The zero-order valence-electron chi connectivity index (χ0n) is 8.98. The number of phenols is 1. The average molecular weight is 222 g/mol. The fourth-order valence-corrected chi connectivity index (χ4v) is 2.98. The number of rotatable bonds is 5.